The second-order valence-electron chi connectivity index (χ2n) is 5.05. The minimum absolute atomic E-state index is 0.182. The van der Waals surface area contributed by atoms with E-state index in [1.54, 1.807) is 30.0 Å². The first-order valence-electron chi connectivity index (χ1n) is 6.78. The predicted octanol–water partition coefficient (Wildman–Crippen LogP) is 3.79. The van der Waals surface area contributed by atoms with E-state index in [9.17, 15) is 9.18 Å². The monoisotopic (exact) mass is 287 g/mol. The summed E-state index contributed by atoms with van der Waals surface area (Å²) in [5.41, 5.74) is 2.34. The van der Waals surface area contributed by atoms with Gasteiger partial charge < -0.3 is 10.0 Å². The van der Waals surface area contributed by atoms with Crippen LogP contribution < -0.4 is 4.90 Å². The molecule has 0 saturated carbocycles. The Labute approximate surface area is 123 Å². The van der Waals surface area contributed by atoms with E-state index in [1.807, 2.05) is 31.2 Å². The number of hydrogen-bond donors (Lipinski definition) is 1. The number of carboxylic acid groups (broad SMARTS) is 1. The Morgan fingerprint density at radius 3 is 2.38 bits per heavy atom. The third-order valence-electron chi connectivity index (χ3n) is 3.49. The molecule has 2 aromatic rings. The fourth-order valence-corrected chi connectivity index (χ4v) is 2.32. The Morgan fingerprint density at radius 2 is 1.81 bits per heavy atom. The Morgan fingerprint density at radius 1 is 1.19 bits per heavy atom. The molecular formula is C17H18FNO2. The number of benzene rings is 2. The van der Waals surface area contributed by atoms with Gasteiger partial charge in [0.25, 0.3) is 0 Å². The minimum Gasteiger partial charge on any atom is -0.480 e. The quantitative estimate of drug-likeness (QED) is 0.909. The summed E-state index contributed by atoms with van der Waals surface area (Å²) in [5.74, 6) is -1.27. The van der Waals surface area contributed by atoms with Crippen LogP contribution in [0.3, 0.4) is 0 Å². The minimum atomic E-state index is -0.946. The van der Waals surface area contributed by atoms with Crippen LogP contribution in [0.2, 0.25) is 0 Å². The van der Waals surface area contributed by atoms with E-state index < -0.39 is 5.97 Å². The van der Waals surface area contributed by atoms with Crippen LogP contribution in [0.4, 0.5) is 10.1 Å². The number of aliphatic carboxylic acids is 1. The van der Waals surface area contributed by atoms with Crippen LogP contribution in [0.1, 0.15) is 24.1 Å². The highest BCUT2D eigenvalue weighted by molar-refractivity contribution is 5.74. The van der Waals surface area contributed by atoms with Crippen LogP contribution in [-0.4, -0.2) is 17.6 Å². The summed E-state index contributed by atoms with van der Waals surface area (Å²) in [4.78, 5) is 12.8. The van der Waals surface area contributed by atoms with Gasteiger partial charge in [0.05, 0.1) is 6.04 Å². The number of rotatable bonds is 5. The molecule has 2 rings (SSSR count). The second kappa shape index (κ2) is 6.39. The second-order valence-corrected chi connectivity index (χ2v) is 5.05. The molecule has 0 aromatic heterocycles. The molecule has 0 spiro atoms. The number of hydrogen-bond acceptors (Lipinski definition) is 2. The molecule has 2 aromatic carbocycles. The van der Waals surface area contributed by atoms with Gasteiger partial charge in [-0.15, -0.1) is 0 Å². The zero-order valence-electron chi connectivity index (χ0n) is 12.1. The first kappa shape index (κ1) is 15.0. The van der Waals surface area contributed by atoms with Crippen LogP contribution in [0, 0.1) is 12.7 Å². The summed E-state index contributed by atoms with van der Waals surface area (Å²) in [5, 5.41) is 9.13. The van der Waals surface area contributed by atoms with Gasteiger partial charge in [-0.1, -0.05) is 35.9 Å². The molecule has 1 unspecified atom stereocenters. The van der Waals surface area contributed by atoms with E-state index in [-0.39, 0.29) is 18.4 Å². The molecule has 110 valence electrons. The normalized spacial score (nSPS) is 12.0. The van der Waals surface area contributed by atoms with Crippen molar-refractivity contribution in [1.29, 1.82) is 0 Å². The molecule has 0 bridgehead atoms. The molecule has 3 nitrogen and oxygen atoms in total. The Balaban J connectivity index is 2.38. The van der Waals surface area contributed by atoms with Crippen molar-refractivity contribution >= 4 is 11.7 Å². The van der Waals surface area contributed by atoms with Gasteiger partial charge in [-0.3, -0.25) is 4.79 Å². The Hall–Kier alpha value is -2.36. The summed E-state index contributed by atoms with van der Waals surface area (Å²) >= 11 is 0. The largest absolute Gasteiger partial charge is 0.480 e. The summed E-state index contributed by atoms with van der Waals surface area (Å²) < 4.78 is 13.9. The number of anilines is 1. The maximum Gasteiger partial charge on any atom is 0.323 e. The van der Waals surface area contributed by atoms with Crippen molar-refractivity contribution in [3.8, 4) is 0 Å². The van der Waals surface area contributed by atoms with Gasteiger partial charge in [-0.25, -0.2) is 4.39 Å². The third kappa shape index (κ3) is 3.60. The smallest absolute Gasteiger partial charge is 0.323 e. The maximum atomic E-state index is 13.9. The zero-order valence-corrected chi connectivity index (χ0v) is 12.1. The Bertz CT molecular complexity index is 625. The van der Waals surface area contributed by atoms with E-state index in [0.717, 1.165) is 11.3 Å². The molecule has 0 aliphatic carbocycles. The Kier molecular flexibility index (Phi) is 4.58. The maximum absolute atomic E-state index is 13.9. The van der Waals surface area contributed by atoms with Crippen molar-refractivity contribution in [2.24, 2.45) is 0 Å². The summed E-state index contributed by atoms with van der Waals surface area (Å²) in [6.07, 6.45) is 0. The van der Waals surface area contributed by atoms with Crippen LogP contribution in [0.15, 0.2) is 48.5 Å². The van der Waals surface area contributed by atoms with Crippen LogP contribution in [0.25, 0.3) is 0 Å². The molecule has 4 heteroatoms. The molecule has 21 heavy (non-hydrogen) atoms. The highest BCUT2D eigenvalue weighted by atomic mass is 19.1. The lowest BCUT2D eigenvalue weighted by molar-refractivity contribution is -0.135. The molecule has 0 heterocycles. The SMILES string of the molecule is Cc1ccc(N(CC(=O)O)C(C)c2ccccc2F)cc1. The van der Waals surface area contributed by atoms with Gasteiger partial charge in [-0.05, 0) is 32.0 Å². The number of carboxylic acids is 1. The van der Waals surface area contributed by atoms with Crippen molar-refractivity contribution in [2.45, 2.75) is 19.9 Å². The van der Waals surface area contributed by atoms with Crippen molar-refractivity contribution in [1.82, 2.24) is 0 Å². The van der Waals surface area contributed by atoms with Crippen LogP contribution in [0.5, 0.6) is 0 Å². The molecule has 0 aliphatic heterocycles. The first-order valence-corrected chi connectivity index (χ1v) is 6.78. The lowest BCUT2D eigenvalue weighted by Gasteiger charge is -2.30. The molecular weight excluding hydrogens is 269 g/mol. The number of nitrogens with zero attached hydrogens (tertiary/aromatic N) is 1. The van der Waals surface area contributed by atoms with Crippen molar-refractivity contribution in [2.75, 3.05) is 11.4 Å². The van der Waals surface area contributed by atoms with E-state index >= 15 is 0 Å². The summed E-state index contributed by atoms with van der Waals surface area (Å²) in [6, 6.07) is 13.6. The molecule has 0 fully saturated rings. The van der Waals surface area contributed by atoms with E-state index in [4.69, 9.17) is 5.11 Å². The van der Waals surface area contributed by atoms with E-state index in [0.29, 0.717) is 5.56 Å². The molecule has 1 atom stereocenters. The molecule has 0 amide bonds. The van der Waals surface area contributed by atoms with E-state index in [1.165, 1.54) is 6.07 Å². The van der Waals surface area contributed by atoms with Gasteiger partial charge in [0.15, 0.2) is 0 Å². The molecule has 0 saturated heterocycles. The average Bonchev–Trinajstić information content (AvgIpc) is 2.45. The number of aryl methyl sites for hydroxylation is 1. The topological polar surface area (TPSA) is 40.5 Å². The van der Waals surface area contributed by atoms with E-state index in [2.05, 4.69) is 0 Å². The average molecular weight is 287 g/mol. The van der Waals surface area contributed by atoms with Crippen LogP contribution >= 0.6 is 0 Å². The van der Waals surface area contributed by atoms with Crippen molar-refractivity contribution in [3.63, 3.8) is 0 Å². The first-order chi connectivity index (χ1) is 9.99. The van der Waals surface area contributed by atoms with Gasteiger partial charge in [0.1, 0.15) is 12.4 Å². The van der Waals surface area contributed by atoms with Gasteiger partial charge >= 0.3 is 5.97 Å². The fourth-order valence-electron chi connectivity index (χ4n) is 2.32. The van der Waals surface area contributed by atoms with Crippen molar-refractivity contribution < 1.29 is 14.3 Å². The van der Waals surface area contributed by atoms with Crippen LogP contribution in [-0.2, 0) is 4.79 Å². The highest BCUT2D eigenvalue weighted by Crippen LogP contribution is 2.28. The molecule has 0 aliphatic rings. The predicted molar refractivity (Wildman–Crippen MR) is 81.0 cm³/mol. The summed E-state index contributed by atoms with van der Waals surface area (Å²) in [7, 11) is 0. The van der Waals surface area contributed by atoms with Gasteiger partial charge in [-0.2, -0.15) is 0 Å². The summed E-state index contributed by atoms with van der Waals surface area (Å²) in [6.45, 7) is 3.59. The third-order valence-corrected chi connectivity index (χ3v) is 3.49. The number of carbonyl (C=O) groups is 1. The van der Waals surface area contributed by atoms with Gasteiger partial charge in [0.2, 0.25) is 0 Å². The zero-order chi connectivity index (χ0) is 15.4. The lowest BCUT2D eigenvalue weighted by Crippen LogP contribution is -2.32. The fraction of sp³-hybridized carbons (Fsp3) is 0.235. The standard InChI is InChI=1S/C17H18FNO2/c1-12-7-9-14(10-8-12)19(11-17(20)21)13(2)15-5-3-4-6-16(15)18/h3-10,13H,11H2,1-2H3,(H,20,21). The lowest BCUT2D eigenvalue weighted by atomic mass is 10.0. The molecule has 1 N–H and O–H groups in total. The van der Waals surface area contributed by atoms with Gasteiger partial charge in [0, 0.05) is 11.3 Å². The molecule has 0 radical (unpaired) electrons. The van der Waals surface area contributed by atoms with Crippen molar-refractivity contribution in [3.05, 3.63) is 65.5 Å². The number of halogens is 1. The highest BCUT2D eigenvalue weighted by Gasteiger charge is 2.21.